The summed E-state index contributed by atoms with van der Waals surface area (Å²) in [6.45, 7) is 0. The molecule has 0 unspecified atom stereocenters. The van der Waals surface area contributed by atoms with Crippen molar-refractivity contribution in [2.75, 3.05) is 0 Å². The van der Waals surface area contributed by atoms with Crippen LogP contribution in [-0.2, 0) is 12.8 Å². The summed E-state index contributed by atoms with van der Waals surface area (Å²) >= 11 is 3.55. The van der Waals surface area contributed by atoms with Crippen LogP contribution in [0.3, 0.4) is 0 Å². The SMILES string of the molecule is O=C(c1cc2c(cc1Br)CCCC2)C1CC1. The van der Waals surface area contributed by atoms with Crippen molar-refractivity contribution in [1.82, 2.24) is 0 Å². The average molecular weight is 279 g/mol. The number of hydrogen-bond donors (Lipinski definition) is 0. The Balaban J connectivity index is 2.01. The van der Waals surface area contributed by atoms with Gasteiger partial charge in [-0.05, 0) is 61.8 Å². The average Bonchev–Trinajstić information content (AvgIpc) is 3.11. The minimum atomic E-state index is 0.318. The van der Waals surface area contributed by atoms with Crippen LogP contribution in [0.4, 0.5) is 0 Å². The van der Waals surface area contributed by atoms with E-state index in [0.29, 0.717) is 11.7 Å². The third-order valence-electron chi connectivity index (χ3n) is 3.65. The third-order valence-corrected chi connectivity index (χ3v) is 4.30. The first kappa shape index (κ1) is 10.5. The molecule has 16 heavy (non-hydrogen) atoms. The highest BCUT2D eigenvalue weighted by molar-refractivity contribution is 9.10. The van der Waals surface area contributed by atoms with E-state index in [2.05, 4.69) is 28.1 Å². The Labute approximate surface area is 104 Å². The van der Waals surface area contributed by atoms with Gasteiger partial charge in [0.1, 0.15) is 0 Å². The highest BCUT2D eigenvalue weighted by atomic mass is 79.9. The lowest BCUT2D eigenvalue weighted by Crippen LogP contribution is -2.08. The number of benzene rings is 1. The Kier molecular flexibility index (Phi) is 2.62. The van der Waals surface area contributed by atoms with Crippen LogP contribution >= 0.6 is 15.9 Å². The Morgan fingerprint density at radius 3 is 2.38 bits per heavy atom. The van der Waals surface area contributed by atoms with Crippen molar-refractivity contribution in [1.29, 1.82) is 0 Å². The van der Waals surface area contributed by atoms with E-state index < -0.39 is 0 Å². The first-order chi connectivity index (χ1) is 7.75. The predicted molar refractivity (Wildman–Crippen MR) is 67.8 cm³/mol. The summed E-state index contributed by atoms with van der Waals surface area (Å²) < 4.78 is 1.00. The Morgan fingerprint density at radius 1 is 1.12 bits per heavy atom. The molecule has 1 aromatic rings. The van der Waals surface area contributed by atoms with E-state index >= 15 is 0 Å². The first-order valence-corrected chi connectivity index (χ1v) is 6.90. The van der Waals surface area contributed by atoms with Crippen molar-refractivity contribution < 1.29 is 4.79 Å². The number of carbonyl (C=O) groups excluding carboxylic acids is 1. The molecule has 0 saturated heterocycles. The third kappa shape index (κ3) is 1.84. The highest BCUT2D eigenvalue weighted by Crippen LogP contribution is 2.36. The smallest absolute Gasteiger partial charge is 0.167 e. The normalized spacial score (nSPS) is 19.3. The van der Waals surface area contributed by atoms with Crippen molar-refractivity contribution in [3.05, 3.63) is 33.3 Å². The van der Waals surface area contributed by atoms with E-state index in [4.69, 9.17) is 0 Å². The second-order valence-electron chi connectivity index (χ2n) is 4.95. The van der Waals surface area contributed by atoms with Crippen molar-refractivity contribution in [2.45, 2.75) is 38.5 Å². The van der Waals surface area contributed by atoms with Gasteiger partial charge >= 0.3 is 0 Å². The molecule has 1 saturated carbocycles. The topological polar surface area (TPSA) is 17.1 Å². The largest absolute Gasteiger partial charge is 0.294 e. The molecule has 0 atom stereocenters. The molecule has 0 aliphatic heterocycles. The van der Waals surface area contributed by atoms with Gasteiger partial charge in [-0.2, -0.15) is 0 Å². The summed E-state index contributed by atoms with van der Waals surface area (Å²) in [5, 5.41) is 0. The lowest BCUT2D eigenvalue weighted by Gasteiger charge is -2.17. The molecule has 2 heteroatoms. The molecule has 3 rings (SSSR count). The van der Waals surface area contributed by atoms with Crippen LogP contribution in [0, 0.1) is 5.92 Å². The van der Waals surface area contributed by atoms with Gasteiger partial charge in [0.05, 0.1) is 0 Å². The molecule has 2 aliphatic rings. The van der Waals surface area contributed by atoms with Crippen LogP contribution in [0.25, 0.3) is 0 Å². The minimum absolute atomic E-state index is 0.318. The fourth-order valence-corrected chi connectivity index (χ4v) is 3.10. The molecule has 0 bridgehead atoms. The summed E-state index contributed by atoms with van der Waals surface area (Å²) in [7, 11) is 0. The molecular formula is C14H15BrO. The van der Waals surface area contributed by atoms with Crippen molar-refractivity contribution >= 4 is 21.7 Å². The zero-order valence-electron chi connectivity index (χ0n) is 9.26. The van der Waals surface area contributed by atoms with Crippen LogP contribution in [0.1, 0.15) is 47.2 Å². The molecule has 1 nitrogen and oxygen atoms in total. The molecule has 0 aromatic heterocycles. The second kappa shape index (κ2) is 3.99. The standard InChI is InChI=1S/C14H15BrO/c15-13-8-11-4-2-1-3-10(11)7-12(13)14(16)9-5-6-9/h7-9H,1-6H2. The van der Waals surface area contributed by atoms with Gasteiger partial charge in [-0.25, -0.2) is 0 Å². The van der Waals surface area contributed by atoms with Crippen molar-refractivity contribution in [2.24, 2.45) is 5.92 Å². The van der Waals surface area contributed by atoms with E-state index in [9.17, 15) is 4.79 Å². The lowest BCUT2D eigenvalue weighted by atomic mass is 9.89. The number of rotatable bonds is 2. The molecular weight excluding hydrogens is 264 g/mol. The number of ketones is 1. The van der Waals surface area contributed by atoms with E-state index in [1.165, 1.54) is 30.4 Å². The van der Waals surface area contributed by atoms with Crippen LogP contribution in [0.15, 0.2) is 16.6 Å². The Bertz CT molecular complexity index is 446. The number of carbonyl (C=O) groups is 1. The summed E-state index contributed by atoms with van der Waals surface area (Å²) in [6, 6.07) is 4.31. The van der Waals surface area contributed by atoms with E-state index in [1.54, 1.807) is 0 Å². The Morgan fingerprint density at radius 2 is 1.75 bits per heavy atom. The van der Waals surface area contributed by atoms with E-state index in [-0.39, 0.29) is 0 Å². The monoisotopic (exact) mass is 278 g/mol. The molecule has 1 aromatic carbocycles. The number of Topliss-reactive ketones (excluding diaryl/α,β-unsaturated/α-hetero) is 1. The van der Waals surface area contributed by atoms with Crippen LogP contribution in [0.2, 0.25) is 0 Å². The van der Waals surface area contributed by atoms with Gasteiger partial charge in [0, 0.05) is 16.0 Å². The molecule has 84 valence electrons. The lowest BCUT2D eigenvalue weighted by molar-refractivity contribution is 0.0967. The molecule has 1 fully saturated rings. The fourth-order valence-electron chi connectivity index (χ4n) is 2.51. The van der Waals surface area contributed by atoms with E-state index in [1.807, 2.05) is 0 Å². The maximum absolute atomic E-state index is 12.1. The van der Waals surface area contributed by atoms with Crippen LogP contribution in [-0.4, -0.2) is 5.78 Å². The summed E-state index contributed by atoms with van der Waals surface area (Å²) in [6.07, 6.45) is 7.05. The number of aryl methyl sites for hydroxylation is 2. The van der Waals surface area contributed by atoms with Crippen LogP contribution in [0.5, 0.6) is 0 Å². The molecule has 2 aliphatic carbocycles. The van der Waals surface area contributed by atoms with Crippen molar-refractivity contribution in [3.8, 4) is 0 Å². The van der Waals surface area contributed by atoms with Gasteiger partial charge in [0.15, 0.2) is 5.78 Å². The molecule has 0 spiro atoms. The molecule has 0 N–H and O–H groups in total. The van der Waals surface area contributed by atoms with Gasteiger partial charge < -0.3 is 0 Å². The minimum Gasteiger partial charge on any atom is -0.294 e. The van der Waals surface area contributed by atoms with Gasteiger partial charge in [-0.15, -0.1) is 0 Å². The van der Waals surface area contributed by atoms with Gasteiger partial charge in [-0.3, -0.25) is 4.79 Å². The second-order valence-corrected chi connectivity index (χ2v) is 5.80. The summed E-state index contributed by atoms with van der Waals surface area (Å²) in [5.74, 6) is 0.665. The zero-order chi connectivity index (χ0) is 11.1. The highest BCUT2D eigenvalue weighted by Gasteiger charge is 2.32. The van der Waals surface area contributed by atoms with Gasteiger partial charge in [0.2, 0.25) is 0 Å². The fraction of sp³-hybridized carbons (Fsp3) is 0.500. The van der Waals surface area contributed by atoms with E-state index in [0.717, 1.165) is 29.3 Å². The van der Waals surface area contributed by atoms with Crippen molar-refractivity contribution in [3.63, 3.8) is 0 Å². The first-order valence-electron chi connectivity index (χ1n) is 6.11. The number of hydrogen-bond acceptors (Lipinski definition) is 1. The van der Waals surface area contributed by atoms with Gasteiger partial charge in [0.25, 0.3) is 0 Å². The maximum atomic E-state index is 12.1. The predicted octanol–water partition coefficient (Wildman–Crippen LogP) is 3.92. The quantitative estimate of drug-likeness (QED) is 0.750. The molecule has 0 amide bonds. The molecule has 0 radical (unpaired) electrons. The summed E-state index contributed by atoms with van der Waals surface area (Å²) in [4.78, 5) is 12.1. The zero-order valence-corrected chi connectivity index (χ0v) is 10.8. The maximum Gasteiger partial charge on any atom is 0.167 e. The van der Waals surface area contributed by atoms with Gasteiger partial charge in [-0.1, -0.05) is 15.9 Å². The van der Waals surface area contributed by atoms with Crippen LogP contribution < -0.4 is 0 Å². The summed E-state index contributed by atoms with van der Waals surface area (Å²) in [5.41, 5.74) is 3.76. The number of halogens is 1. The Hall–Kier alpha value is -0.630. The molecule has 0 heterocycles. The number of fused-ring (bicyclic) bond motifs is 1.